The van der Waals surface area contributed by atoms with Gasteiger partial charge in [0.2, 0.25) is 0 Å². The van der Waals surface area contributed by atoms with E-state index in [1.54, 1.807) is 7.05 Å². The molecule has 1 saturated heterocycles. The molecule has 3 rings (SSSR count). The second-order valence-electron chi connectivity index (χ2n) is 8.07. The molecule has 8 heteroatoms. The van der Waals surface area contributed by atoms with Crippen LogP contribution in [0.2, 0.25) is 0 Å². The Hall–Kier alpha value is -1.55. The number of likely N-dealkylation sites (tertiary alicyclic amines) is 1. The number of guanidine groups is 1. The summed E-state index contributed by atoms with van der Waals surface area (Å²) in [5, 5.41) is 6.95. The van der Waals surface area contributed by atoms with E-state index >= 15 is 0 Å². The van der Waals surface area contributed by atoms with Gasteiger partial charge in [-0.3, -0.25) is 9.79 Å². The van der Waals surface area contributed by atoms with Gasteiger partial charge in [-0.05, 0) is 43.4 Å². The number of amides is 1. The lowest BCUT2D eigenvalue weighted by atomic mass is 9.92. The van der Waals surface area contributed by atoms with E-state index in [0.717, 1.165) is 30.4 Å². The highest BCUT2D eigenvalue weighted by Gasteiger charge is 2.26. The first-order valence-corrected chi connectivity index (χ1v) is 10.9. The van der Waals surface area contributed by atoms with Crippen LogP contribution in [0.1, 0.15) is 50.5 Å². The van der Waals surface area contributed by atoms with Crippen molar-refractivity contribution in [2.45, 2.75) is 63.6 Å². The van der Waals surface area contributed by atoms with Crippen LogP contribution in [0.15, 0.2) is 29.3 Å². The Morgan fingerprint density at radius 2 is 1.93 bits per heavy atom. The van der Waals surface area contributed by atoms with Gasteiger partial charge in [0.25, 0.3) is 5.91 Å². The first-order chi connectivity index (χ1) is 14.1. The largest absolute Gasteiger partial charge is 0.484 e. The summed E-state index contributed by atoms with van der Waals surface area (Å²) in [6.07, 6.45) is 9.29. The summed E-state index contributed by atoms with van der Waals surface area (Å²) in [6.45, 7) is 2.88. The lowest BCUT2D eigenvalue weighted by Gasteiger charge is -2.39. The molecule has 2 aliphatic rings. The summed E-state index contributed by atoms with van der Waals surface area (Å²) in [7, 11) is 1.80. The highest BCUT2D eigenvalue weighted by Crippen LogP contribution is 2.25. The number of carbonyl (C=O) groups excluding carboxylic acids is 1. The minimum absolute atomic E-state index is 0. The molecule has 7 nitrogen and oxygen atoms in total. The third-order valence-corrected chi connectivity index (χ3v) is 5.92. The molecular formula is C22H36IN5O2. The second-order valence-corrected chi connectivity index (χ2v) is 8.07. The molecule has 1 aliphatic heterocycles. The van der Waals surface area contributed by atoms with E-state index in [1.165, 1.54) is 45.2 Å². The summed E-state index contributed by atoms with van der Waals surface area (Å²) in [6, 6.07) is 8.92. The van der Waals surface area contributed by atoms with Crippen molar-refractivity contribution in [3.8, 4) is 5.75 Å². The van der Waals surface area contributed by atoms with Crippen molar-refractivity contribution in [2.75, 3.05) is 26.7 Å². The minimum atomic E-state index is -0.479. The fourth-order valence-corrected chi connectivity index (χ4v) is 4.33. The monoisotopic (exact) mass is 529 g/mol. The van der Waals surface area contributed by atoms with Crippen LogP contribution in [0.5, 0.6) is 5.75 Å². The Bertz CT molecular complexity index is 686. The zero-order chi connectivity index (χ0) is 20.5. The first-order valence-electron chi connectivity index (χ1n) is 10.9. The van der Waals surface area contributed by atoms with Gasteiger partial charge in [0.1, 0.15) is 5.75 Å². The van der Waals surface area contributed by atoms with Crippen LogP contribution in [0.4, 0.5) is 0 Å². The number of rotatable bonds is 7. The van der Waals surface area contributed by atoms with E-state index in [2.05, 4.69) is 20.5 Å². The van der Waals surface area contributed by atoms with Crippen molar-refractivity contribution in [3.05, 3.63) is 29.8 Å². The number of ether oxygens (including phenoxy) is 1. The lowest BCUT2D eigenvalue weighted by Crippen LogP contribution is -2.50. The smallest absolute Gasteiger partial charge is 0.255 e. The first kappa shape index (κ1) is 24.7. The Morgan fingerprint density at radius 3 is 2.60 bits per heavy atom. The molecular weight excluding hydrogens is 493 g/mol. The van der Waals surface area contributed by atoms with Crippen molar-refractivity contribution in [1.82, 2.24) is 15.5 Å². The Labute approximate surface area is 197 Å². The molecule has 0 aromatic heterocycles. The molecule has 1 amide bonds. The summed E-state index contributed by atoms with van der Waals surface area (Å²) in [5.41, 5.74) is 6.19. The number of hydrogen-bond donors (Lipinski definition) is 3. The van der Waals surface area contributed by atoms with Crippen LogP contribution in [-0.4, -0.2) is 55.6 Å². The molecule has 0 atom stereocenters. The van der Waals surface area contributed by atoms with Gasteiger partial charge in [0.15, 0.2) is 12.6 Å². The maximum atomic E-state index is 10.9. The zero-order valence-corrected chi connectivity index (χ0v) is 20.3. The fourth-order valence-electron chi connectivity index (χ4n) is 4.33. The highest BCUT2D eigenvalue weighted by atomic mass is 127. The molecule has 1 aromatic carbocycles. The second kappa shape index (κ2) is 13.0. The topological polar surface area (TPSA) is 92.0 Å². The molecule has 2 fully saturated rings. The number of primary amides is 1. The van der Waals surface area contributed by atoms with Gasteiger partial charge in [-0.25, -0.2) is 0 Å². The quantitative estimate of drug-likeness (QED) is 0.287. The zero-order valence-electron chi connectivity index (χ0n) is 17.9. The number of nitrogens with two attached hydrogens (primary N) is 1. The predicted molar refractivity (Wildman–Crippen MR) is 131 cm³/mol. The summed E-state index contributed by atoms with van der Waals surface area (Å²) < 4.78 is 5.37. The summed E-state index contributed by atoms with van der Waals surface area (Å²) in [5.74, 6) is 0.985. The number of carbonyl (C=O) groups is 1. The van der Waals surface area contributed by atoms with Gasteiger partial charge < -0.3 is 26.0 Å². The SMILES string of the molecule is CN=C(NCc1cccc(OCC(N)=O)c1)NC1CCN(C2CCCCC2)CC1.I. The van der Waals surface area contributed by atoms with Gasteiger partial charge in [0, 0.05) is 38.8 Å². The number of nitrogens with zero attached hydrogens (tertiary/aromatic N) is 2. The van der Waals surface area contributed by atoms with Crippen molar-refractivity contribution < 1.29 is 9.53 Å². The molecule has 0 unspecified atom stereocenters. The third-order valence-electron chi connectivity index (χ3n) is 5.92. The molecule has 0 radical (unpaired) electrons. The Balaban J connectivity index is 0.00000320. The van der Waals surface area contributed by atoms with E-state index in [1.807, 2.05) is 24.3 Å². The van der Waals surface area contributed by atoms with Crippen LogP contribution >= 0.6 is 24.0 Å². The average molecular weight is 529 g/mol. The van der Waals surface area contributed by atoms with Crippen molar-refractivity contribution in [2.24, 2.45) is 10.7 Å². The van der Waals surface area contributed by atoms with Crippen LogP contribution < -0.4 is 21.1 Å². The molecule has 1 aliphatic carbocycles. The van der Waals surface area contributed by atoms with Gasteiger partial charge in [0.05, 0.1) is 0 Å². The van der Waals surface area contributed by atoms with E-state index in [9.17, 15) is 4.79 Å². The van der Waals surface area contributed by atoms with Crippen molar-refractivity contribution >= 4 is 35.8 Å². The molecule has 168 valence electrons. The molecule has 0 bridgehead atoms. The maximum Gasteiger partial charge on any atom is 0.255 e. The summed E-state index contributed by atoms with van der Waals surface area (Å²) in [4.78, 5) is 17.9. The number of nitrogens with one attached hydrogen (secondary N) is 2. The predicted octanol–water partition coefficient (Wildman–Crippen LogP) is 2.63. The minimum Gasteiger partial charge on any atom is -0.484 e. The summed E-state index contributed by atoms with van der Waals surface area (Å²) >= 11 is 0. The molecule has 1 heterocycles. The molecule has 4 N–H and O–H groups in total. The lowest BCUT2D eigenvalue weighted by molar-refractivity contribution is -0.119. The van der Waals surface area contributed by atoms with Crippen LogP contribution in [0, 0.1) is 0 Å². The van der Waals surface area contributed by atoms with Gasteiger partial charge in [-0.15, -0.1) is 24.0 Å². The molecule has 0 spiro atoms. The standard InChI is InChI=1S/C22H35N5O2.HI/c1-24-22(25-15-17-6-5-9-20(14-17)29-16-21(23)28)26-18-10-12-27(13-11-18)19-7-3-2-4-8-19;/h5-6,9,14,18-19H,2-4,7-8,10-13,15-16H2,1H3,(H2,23,28)(H2,24,25,26);1H. The number of hydrogen-bond acceptors (Lipinski definition) is 4. The van der Waals surface area contributed by atoms with Crippen LogP contribution in [0.3, 0.4) is 0 Å². The number of halogens is 1. The normalized spacial score (nSPS) is 19.0. The third kappa shape index (κ3) is 7.94. The number of aliphatic imine (C=N–C) groups is 1. The van der Waals surface area contributed by atoms with E-state index in [4.69, 9.17) is 10.5 Å². The number of piperidine rings is 1. The highest BCUT2D eigenvalue weighted by molar-refractivity contribution is 14.0. The van der Waals surface area contributed by atoms with Crippen molar-refractivity contribution in [1.29, 1.82) is 0 Å². The van der Waals surface area contributed by atoms with Gasteiger partial charge in [-0.2, -0.15) is 0 Å². The molecule has 30 heavy (non-hydrogen) atoms. The fraction of sp³-hybridized carbons (Fsp3) is 0.636. The number of benzene rings is 1. The van der Waals surface area contributed by atoms with Crippen LogP contribution in [-0.2, 0) is 11.3 Å². The van der Waals surface area contributed by atoms with Gasteiger partial charge >= 0.3 is 0 Å². The Kier molecular flexibility index (Phi) is 10.7. The van der Waals surface area contributed by atoms with E-state index in [0.29, 0.717) is 18.3 Å². The Morgan fingerprint density at radius 1 is 1.20 bits per heavy atom. The van der Waals surface area contributed by atoms with E-state index < -0.39 is 5.91 Å². The van der Waals surface area contributed by atoms with Crippen LogP contribution in [0.25, 0.3) is 0 Å². The van der Waals surface area contributed by atoms with E-state index in [-0.39, 0.29) is 30.6 Å². The molecule has 1 saturated carbocycles. The van der Waals surface area contributed by atoms with Gasteiger partial charge in [-0.1, -0.05) is 31.4 Å². The van der Waals surface area contributed by atoms with Crippen molar-refractivity contribution in [3.63, 3.8) is 0 Å². The molecule has 1 aromatic rings. The average Bonchev–Trinajstić information content (AvgIpc) is 2.76. The maximum absolute atomic E-state index is 10.9.